The molecule has 6 heteroatoms. The largest absolute Gasteiger partial charge is 0.338 e. The highest BCUT2D eigenvalue weighted by Gasteiger charge is 2.37. The van der Waals surface area contributed by atoms with Gasteiger partial charge in [-0.1, -0.05) is 42.5 Å². The van der Waals surface area contributed by atoms with E-state index in [4.69, 9.17) is 0 Å². The van der Waals surface area contributed by atoms with Crippen molar-refractivity contribution in [3.63, 3.8) is 0 Å². The van der Waals surface area contributed by atoms with Gasteiger partial charge in [-0.2, -0.15) is 5.26 Å². The molecule has 1 aliphatic rings. The maximum Gasteiger partial charge on any atom is 0.256 e. The van der Waals surface area contributed by atoms with Crippen molar-refractivity contribution in [1.29, 1.82) is 5.26 Å². The second kappa shape index (κ2) is 8.79. The number of carbonyl (C=O) groups is 1. The summed E-state index contributed by atoms with van der Waals surface area (Å²) in [5.41, 5.74) is 2.39. The number of piperidine rings is 1. The van der Waals surface area contributed by atoms with Crippen molar-refractivity contribution in [1.82, 2.24) is 19.9 Å². The fourth-order valence-corrected chi connectivity index (χ4v) is 4.59. The Labute approximate surface area is 192 Å². The lowest BCUT2D eigenvalue weighted by Crippen LogP contribution is -2.43. The molecule has 5 rings (SSSR count). The number of amides is 1. The van der Waals surface area contributed by atoms with Gasteiger partial charge in [-0.3, -0.25) is 9.78 Å². The fraction of sp³-hybridized carbons (Fsp3) is 0.222. The Bertz CT molecular complexity index is 1340. The van der Waals surface area contributed by atoms with Crippen LogP contribution in [0.5, 0.6) is 0 Å². The molecule has 1 aliphatic heterocycles. The maximum atomic E-state index is 13.4. The van der Waals surface area contributed by atoms with Crippen LogP contribution in [0.15, 0.2) is 79.4 Å². The molecule has 4 aromatic rings. The highest BCUT2D eigenvalue weighted by Crippen LogP contribution is 2.36. The van der Waals surface area contributed by atoms with Gasteiger partial charge >= 0.3 is 0 Å². The molecule has 0 atom stereocenters. The SMILES string of the molecule is N#CC1(Cc2ccc3ccccc3c2)CCN(C(=O)c2cccnc2-c2ccncn2)CC1. The van der Waals surface area contributed by atoms with Crippen molar-refractivity contribution < 1.29 is 4.79 Å². The van der Waals surface area contributed by atoms with E-state index in [1.54, 1.807) is 30.6 Å². The van der Waals surface area contributed by atoms with E-state index < -0.39 is 5.41 Å². The summed E-state index contributed by atoms with van der Waals surface area (Å²) in [6, 6.07) is 22.5. The normalized spacial score (nSPS) is 15.2. The average molecular weight is 434 g/mol. The van der Waals surface area contributed by atoms with Gasteiger partial charge in [0.15, 0.2) is 0 Å². The highest BCUT2D eigenvalue weighted by molar-refractivity contribution is 5.99. The van der Waals surface area contributed by atoms with Gasteiger partial charge in [-0.15, -0.1) is 0 Å². The molecule has 0 bridgehead atoms. The summed E-state index contributed by atoms with van der Waals surface area (Å²) >= 11 is 0. The van der Waals surface area contributed by atoms with Crippen LogP contribution in [0, 0.1) is 16.7 Å². The Morgan fingerprint density at radius 2 is 1.79 bits per heavy atom. The van der Waals surface area contributed by atoms with Crippen LogP contribution in [0.25, 0.3) is 22.2 Å². The van der Waals surface area contributed by atoms with Crippen molar-refractivity contribution in [2.45, 2.75) is 19.3 Å². The number of nitriles is 1. The van der Waals surface area contributed by atoms with E-state index in [0.717, 1.165) is 5.56 Å². The molecular formula is C27H23N5O. The third kappa shape index (κ3) is 4.18. The molecule has 0 N–H and O–H groups in total. The monoisotopic (exact) mass is 433 g/mol. The number of likely N-dealkylation sites (tertiary alicyclic amines) is 1. The zero-order valence-electron chi connectivity index (χ0n) is 18.2. The molecule has 0 radical (unpaired) electrons. The molecule has 162 valence electrons. The number of pyridine rings is 1. The molecule has 1 saturated heterocycles. The van der Waals surface area contributed by atoms with E-state index >= 15 is 0 Å². The van der Waals surface area contributed by atoms with Crippen LogP contribution < -0.4 is 0 Å². The van der Waals surface area contributed by atoms with Gasteiger partial charge in [0, 0.05) is 25.5 Å². The van der Waals surface area contributed by atoms with Gasteiger partial charge in [-0.05, 0) is 53.8 Å². The first kappa shape index (κ1) is 20.8. The predicted octanol–water partition coefficient (Wildman–Crippen LogP) is 4.68. The molecule has 0 aliphatic carbocycles. The molecule has 2 aromatic heterocycles. The first-order valence-electron chi connectivity index (χ1n) is 11.1. The number of aromatic nitrogens is 3. The van der Waals surface area contributed by atoms with E-state index in [2.05, 4.69) is 51.4 Å². The Kier molecular flexibility index (Phi) is 5.54. The molecule has 6 nitrogen and oxygen atoms in total. The van der Waals surface area contributed by atoms with Crippen LogP contribution in [-0.4, -0.2) is 38.8 Å². The van der Waals surface area contributed by atoms with Crippen LogP contribution in [-0.2, 0) is 6.42 Å². The summed E-state index contributed by atoms with van der Waals surface area (Å²) in [6.07, 6.45) is 6.73. The predicted molar refractivity (Wildman–Crippen MR) is 126 cm³/mol. The highest BCUT2D eigenvalue weighted by atomic mass is 16.2. The van der Waals surface area contributed by atoms with Crippen LogP contribution in [0.1, 0.15) is 28.8 Å². The third-order valence-electron chi connectivity index (χ3n) is 6.46. The Morgan fingerprint density at radius 3 is 2.55 bits per heavy atom. The van der Waals surface area contributed by atoms with Crippen LogP contribution in [0.4, 0.5) is 0 Å². The van der Waals surface area contributed by atoms with E-state index in [1.807, 2.05) is 17.0 Å². The molecule has 0 unspecified atom stereocenters. The number of hydrogen-bond donors (Lipinski definition) is 0. The molecule has 2 aromatic carbocycles. The topological polar surface area (TPSA) is 82.8 Å². The fourth-order valence-electron chi connectivity index (χ4n) is 4.59. The Balaban J connectivity index is 1.33. The zero-order valence-corrected chi connectivity index (χ0v) is 18.2. The lowest BCUT2D eigenvalue weighted by atomic mass is 9.75. The van der Waals surface area contributed by atoms with E-state index in [-0.39, 0.29) is 5.91 Å². The second-order valence-corrected chi connectivity index (χ2v) is 8.54. The van der Waals surface area contributed by atoms with Crippen molar-refractivity contribution in [2.24, 2.45) is 5.41 Å². The van der Waals surface area contributed by atoms with Crippen LogP contribution in [0.3, 0.4) is 0 Å². The minimum absolute atomic E-state index is 0.0750. The van der Waals surface area contributed by atoms with E-state index in [1.165, 1.54) is 17.1 Å². The molecule has 1 amide bonds. The number of rotatable bonds is 4. The maximum absolute atomic E-state index is 13.4. The van der Waals surface area contributed by atoms with E-state index in [0.29, 0.717) is 49.3 Å². The quantitative estimate of drug-likeness (QED) is 0.467. The average Bonchev–Trinajstić information content (AvgIpc) is 2.89. The van der Waals surface area contributed by atoms with Crippen molar-refractivity contribution in [3.8, 4) is 17.5 Å². The van der Waals surface area contributed by atoms with E-state index in [9.17, 15) is 10.1 Å². The summed E-state index contributed by atoms with van der Waals surface area (Å²) in [6.45, 7) is 1.08. The smallest absolute Gasteiger partial charge is 0.256 e. The van der Waals surface area contributed by atoms with Crippen molar-refractivity contribution in [3.05, 3.63) is 90.5 Å². The molecule has 3 heterocycles. The van der Waals surface area contributed by atoms with Gasteiger partial charge in [-0.25, -0.2) is 9.97 Å². The van der Waals surface area contributed by atoms with Crippen LogP contribution in [0.2, 0.25) is 0 Å². The number of benzene rings is 2. The second-order valence-electron chi connectivity index (χ2n) is 8.54. The van der Waals surface area contributed by atoms with Crippen molar-refractivity contribution >= 4 is 16.7 Å². The zero-order chi connectivity index (χ0) is 22.7. The summed E-state index contributed by atoms with van der Waals surface area (Å²) in [7, 11) is 0. The lowest BCUT2D eigenvalue weighted by molar-refractivity contribution is 0.0647. The van der Waals surface area contributed by atoms with Gasteiger partial charge in [0.25, 0.3) is 5.91 Å². The summed E-state index contributed by atoms with van der Waals surface area (Å²) in [4.78, 5) is 27.8. The minimum Gasteiger partial charge on any atom is -0.338 e. The van der Waals surface area contributed by atoms with Gasteiger partial charge in [0.1, 0.15) is 12.0 Å². The van der Waals surface area contributed by atoms with Crippen molar-refractivity contribution in [2.75, 3.05) is 13.1 Å². The van der Waals surface area contributed by atoms with Crippen LogP contribution >= 0.6 is 0 Å². The molecule has 1 fully saturated rings. The summed E-state index contributed by atoms with van der Waals surface area (Å²) < 4.78 is 0. The molecule has 33 heavy (non-hydrogen) atoms. The number of nitrogens with zero attached hydrogens (tertiary/aromatic N) is 5. The number of carbonyl (C=O) groups excluding carboxylic acids is 1. The first-order valence-corrected chi connectivity index (χ1v) is 11.1. The van der Waals surface area contributed by atoms with Gasteiger partial charge in [0.05, 0.1) is 22.7 Å². The molecular weight excluding hydrogens is 410 g/mol. The first-order chi connectivity index (χ1) is 16.2. The minimum atomic E-state index is -0.469. The Morgan fingerprint density at radius 1 is 0.970 bits per heavy atom. The standard InChI is InChI=1S/C27H23N5O/c28-18-27(17-20-7-8-21-4-1-2-5-22(21)16-20)10-14-32(15-11-27)26(33)23-6-3-12-30-25(23)24-9-13-29-19-31-24/h1-9,12-13,16,19H,10-11,14-15,17H2. The Hall–Kier alpha value is -4.11. The van der Waals surface area contributed by atoms with Gasteiger partial charge in [0.2, 0.25) is 0 Å². The third-order valence-corrected chi connectivity index (χ3v) is 6.46. The molecule has 0 spiro atoms. The lowest BCUT2D eigenvalue weighted by Gasteiger charge is -2.37. The summed E-state index contributed by atoms with van der Waals surface area (Å²) in [5, 5.41) is 12.5. The number of fused-ring (bicyclic) bond motifs is 1. The summed E-state index contributed by atoms with van der Waals surface area (Å²) in [5.74, 6) is -0.0750. The van der Waals surface area contributed by atoms with Gasteiger partial charge < -0.3 is 4.90 Å². The molecule has 0 saturated carbocycles. The number of hydrogen-bond acceptors (Lipinski definition) is 5.